The van der Waals surface area contributed by atoms with Crippen LogP contribution < -0.4 is 5.32 Å². The third kappa shape index (κ3) is 4.93. The number of carbonyl (C=O) groups is 2. The van der Waals surface area contributed by atoms with Gasteiger partial charge in [0.2, 0.25) is 11.8 Å². The normalized spacial score (nSPS) is 10.5. The van der Waals surface area contributed by atoms with Crippen LogP contribution in [0.25, 0.3) is 0 Å². The van der Waals surface area contributed by atoms with Crippen LogP contribution in [0.4, 0.5) is 5.69 Å². The van der Waals surface area contributed by atoms with Crippen LogP contribution in [0.1, 0.15) is 6.92 Å². The fourth-order valence-electron chi connectivity index (χ4n) is 1.34. The number of allylic oxidation sites excluding steroid dienone is 1. The van der Waals surface area contributed by atoms with E-state index in [4.69, 9.17) is 23.2 Å². The van der Waals surface area contributed by atoms with Crippen molar-refractivity contribution in [3.63, 3.8) is 0 Å². The third-order valence-corrected chi connectivity index (χ3v) is 3.01. The highest BCUT2D eigenvalue weighted by Crippen LogP contribution is 2.24. The molecule has 0 spiro atoms. The second-order valence-electron chi connectivity index (χ2n) is 3.87. The molecule has 19 heavy (non-hydrogen) atoms. The SMILES string of the molecule is C/C=C/C(=O)N(C)CC(=O)Nc1ccc(Cl)c(Cl)c1. The molecule has 1 rings (SSSR count). The van der Waals surface area contributed by atoms with E-state index in [1.54, 1.807) is 38.2 Å². The molecule has 0 aliphatic heterocycles. The summed E-state index contributed by atoms with van der Waals surface area (Å²) >= 11 is 11.6. The van der Waals surface area contributed by atoms with Crippen LogP contribution >= 0.6 is 23.2 Å². The van der Waals surface area contributed by atoms with Gasteiger partial charge >= 0.3 is 0 Å². The van der Waals surface area contributed by atoms with Gasteiger partial charge in [-0.15, -0.1) is 0 Å². The summed E-state index contributed by atoms with van der Waals surface area (Å²) in [6.45, 7) is 1.70. The van der Waals surface area contributed by atoms with E-state index in [1.807, 2.05) is 0 Å². The van der Waals surface area contributed by atoms with Gasteiger partial charge in [0.1, 0.15) is 0 Å². The van der Waals surface area contributed by atoms with Crippen molar-refractivity contribution in [3.8, 4) is 0 Å². The molecule has 1 aromatic rings. The van der Waals surface area contributed by atoms with Crippen molar-refractivity contribution >= 4 is 40.7 Å². The van der Waals surface area contributed by atoms with Crippen LogP contribution in [0.15, 0.2) is 30.4 Å². The fourth-order valence-corrected chi connectivity index (χ4v) is 1.64. The zero-order chi connectivity index (χ0) is 14.4. The minimum atomic E-state index is -0.307. The van der Waals surface area contributed by atoms with E-state index in [-0.39, 0.29) is 18.4 Å². The molecule has 0 atom stereocenters. The Bertz CT molecular complexity index is 515. The van der Waals surface area contributed by atoms with Crippen molar-refractivity contribution in [2.75, 3.05) is 18.9 Å². The fraction of sp³-hybridized carbons (Fsp3) is 0.231. The maximum Gasteiger partial charge on any atom is 0.246 e. The van der Waals surface area contributed by atoms with Crippen LogP contribution in [-0.4, -0.2) is 30.3 Å². The molecular formula is C13H14Cl2N2O2. The van der Waals surface area contributed by atoms with Gasteiger partial charge in [0.05, 0.1) is 16.6 Å². The molecule has 0 bridgehead atoms. The molecule has 2 amide bonds. The Labute approximate surface area is 122 Å². The number of anilines is 1. The first-order chi connectivity index (χ1) is 8.93. The molecular weight excluding hydrogens is 287 g/mol. The Kier molecular flexibility index (Phi) is 5.86. The lowest BCUT2D eigenvalue weighted by Crippen LogP contribution is -2.33. The molecule has 0 saturated heterocycles. The van der Waals surface area contributed by atoms with Gasteiger partial charge in [-0.2, -0.15) is 0 Å². The highest BCUT2D eigenvalue weighted by molar-refractivity contribution is 6.42. The first-order valence-corrected chi connectivity index (χ1v) is 6.32. The molecule has 4 nitrogen and oxygen atoms in total. The molecule has 6 heteroatoms. The number of hydrogen-bond acceptors (Lipinski definition) is 2. The van der Waals surface area contributed by atoms with Crippen molar-refractivity contribution < 1.29 is 9.59 Å². The van der Waals surface area contributed by atoms with Gasteiger partial charge in [0.15, 0.2) is 0 Å². The van der Waals surface area contributed by atoms with E-state index in [0.29, 0.717) is 15.7 Å². The van der Waals surface area contributed by atoms with Crippen LogP contribution in [0.3, 0.4) is 0 Å². The lowest BCUT2D eigenvalue weighted by atomic mass is 10.3. The number of hydrogen-bond donors (Lipinski definition) is 1. The second-order valence-corrected chi connectivity index (χ2v) is 4.69. The lowest BCUT2D eigenvalue weighted by Gasteiger charge is -2.14. The van der Waals surface area contributed by atoms with Crippen molar-refractivity contribution in [2.45, 2.75) is 6.92 Å². The average molecular weight is 301 g/mol. The Hall–Kier alpha value is -1.52. The zero-order valence-corrected chi connectivity index (χ0v) is 12.1. The second kappa shape index (κ2) is 7.16. The first kappa shape index (κ1) is 15.5. The van der Waals surface area contributed by atoms with Crippen molar-refractivity contribution in [2.24, 2.45) is 0 Å². The molecule has 102 valence electrons. The molecule has 1 aromatic carbocycles. The summed E-state index contributed by atoms with van der Waals surface area (Å²) in [5.41, 5.74) is 0.534. The summed E-state index contributed by atoms with van der Waals surface area (Å²) in [6.07, 6.45) is 3.02. The number of likely N-dealkylation sites (N-methyl/N-ethyl adjacent to an activating group) is 1. The zero-order valence-electron chi connectivity index (χ0n) is 10.6. The molecule has 0 fully saturated rings. The van der Waals surface area contributed by atoms with E-state index in [2.05, 4.69) is 5.32 Å². The van der Waals surface area contributed by atoms with Gasteiger partial charge in [-0.05, 0) is 31.2 Å². The molecule has 0 heterocycles. The van der Waals surface area contributed by atoms with Crippen molar-refractivity contribution in [1.29, 1.82) is 0 Å². The Morgan fingerprint density at radius 2 is 2.00 bits per heavy atom. The number of nitrogens with zero attached hydrogens (tertiary/aromatic N) is 1. The molecule has 0 unspecified atom stereocenters. The maximum atomic E-state index is 11.7. The summed E-state index contributed by atoms with van der Waals surface area (Å²) in [4.78, 5) is 24.5. The predicted molar refractivity (Wildman–Crippen MR) is 77.5 cm³/mol. The van der Waals surface area contributed by atoms with Gasteiger partial charge in [0, 0.05) is 12.7 Å². The van der Waals surface area contributed by atoms with E-state index in [1.165, 1.54) is 11.0 Å². The van der Waals surface area contributed by atoms with E-state index < -0.39 is 0 Å². The molecule has 0 aliphatic carbocycles. The van der Waals surface area contributed by atoms with Gasteiger partial charge in [-0.25, -0.2) is 0 Å². The standard InChI is InChI=1S/C13H14Cl2N2O2/c1-3-4-13(19)17(2)8-12(18)16-9-5-6-10(14)11(15)7-9/h3-7H,8H2,1-2H3,(H,16,18)/b4-3+. The first-order valence-electron chi connectivity index (χ1n) is 5.56. The summed E-state index contributed by atoms with van der Waals surface area (Å²) in [6, 6.07) is 4.78. The predicted octanol–water partition coefficient (Wildman–Crippen LogP) is 2.97. The monoisotopic (exact) mass is 300 g/mol. The highest BCUT2D eigenvalue weighted by atomic mass is 35.5. The Morgan fingerprint density at radius 1 is 1.32 bits per heavy atom. The summed E-state index contributed by atoms with van der Waals surface area (Å²) < 4.78 is 0. The van der Waals surface area contributed by atoms with Gasteiger partial charge in [-0.1, -0.05) is 29.3 Å². The number of halogens is 2. The van der Waals surface area contributed by atoms with Crippen LogP contribution in [0.2, 0.25) is 10.0 Å². The van der Waals surface area contributed by atoms with Gasteiger partial charge < -0.3 is 10.2 Å². The number of amides is 2. The summed E-state index contributed by atoms with van der Waals surface area (Å²) in [5, 5.41) is 3.41. The number of nitrogens with one attached hydrogen (secondary N) is 1. The quantitative estimate of drug-likeness (QED) is 0.869. The summed E-state index contributed by atoms with van der Waals surface area (Å²) in [7, 11) is 1.55. The average Bonchev–Trinajstić information content (AvgIpc) is 2.34. The number of rotatable bonds is 4. The van der Waals surface area contributed by atoms with Gasteiger partial charge in [-0.3, -0.25) is 9.59 Å². The number of carbonyl (C=O) groups excluding carboxylic acids is 2. The Balaban J connectivity index is 2.60. The largest absolute Gasteiger partial charge is 0.333 e. The van der Waals surface area contributed by atoms with E-state index >= 15 is 0 Å². The van der Waals surface area contributed by atoms with Crippen molar-refractivity contribution in [3.05, 3.63) is 40.4 Å². The van der Waals surface area contributed by atoms with E-state index in [0.717, 1.165) is 0 Å². The molecule has 1 N–H and O–H groups in total. The smallest absolute Gasteiger partial charge is 0.246 e. The topological polar surface area (TPSA) is 49.4 Å². The minimum Gasteiger partial charge on any atom is -0.333 e. The van der Waals surface area contributed by atoms with Gasteiger partial charge in [0.25, 0.3) is 0 Å². The summed E-state index contributed by atoms with van der Waals surface area (Å²) in [5.74, 6) is -0.537. The number of benzene rings is 1. The maximum absolute atomic E-state index is 11.7. The Morgan fingerprint density at radius 3 is 2.58 bits per heavy atom. The molecule has 0 aromatic heterocycles. The minimum absolute atomic E-state index is 0.0383. The van der Waals surface area contributed by atoms with E-state index in [9.17, 15) is 9.59 Å². The van der Waals surface area contributed by atoms with Crippen LogP contribution in [-0.2, 0) is 9.59 Å². The molecule has 0 saturated carbocycles. The third-order valence-electron chi connectivity index (χ3n) is 2.27. The van der Waals surface area contributed by atoms with Crippen LogP contribution in [0.5, 0.6) is 0 Å². The molecule has 0 radical (unpaired) electrons. The highest BCUT2D eigenvalue weighted by Gasteiger charge is 2.10. The van der Waals surface area contributed by atoms with Crippen molar-refractivity contribution in [1.82, 2.24) is 4.90 Å². The molecule has 0 aliphatic rings. The van der Waals surface area contributed by atoms with Crippen LogP contribution in [0, 0.1) is 0 Å². The lowest BCUT2D eigenvalue weighted by molar-refractivity contribution is -0.129.